The van der Waals surface area contributed by atoms with Gasteiger partial charge < -0.3 is 10.6 Å². The summed E-state index contributed by atoms with van der Waals surface area (Å²) in [6.45, 7) is 6.31. The van der Waals surface area contributed by atoms with E-state index in [1.807, 2.05) is 13.0 Å². The third kappa shape index (κ3) is 2.99. The van der Waals surface area contributed by atoms with Crippen LogP contribution in [0.25, 0.3) is 0 Å². The number of anilines is 1. The SMILES string of the molecule is CCN(CC1CCC1)c1ccc([C@H](C)N)cc1Cl. The van der Waals surface area contributed by atoms with Gasteiger partial charge in [-0.05, 0) is 50.3 Å². The number of rotatable bonds is 5. The van der Waals surface area contributed by atoms with Crippen molar-refractivity contribution in [3.63, 3.8) is 0 Å². The highest BCUT2D eigenvalue weighted by Crippen LogP contribution is 2.32. The van der Waals surface area contributed by atoms with E-state index in [0.717, 1.165) is 35.3 Å². The van der Waals surface area contributed by atoms with E-state index in [4.69, 9.17) is 17.3 Å². The zero-order valence-corrected chi connectivity index (χ0v) is 12.1. The minimum absolute atomic E-state index is 0.0401. The molecule has 0 aliphatic heterocycles. The van der Waals surface area contributed by atoms with Gasteiger partial charge in [0.25, 0.3) is 0 Å². The lowest BCUT2D eigenvalue weighted by Crippen LogP contribution is -2.32. The summed E-state index contributed by atoms with van der Waals surface area (Å²) in [6, 6.07) is 6.25. The van der Waals surface area contributed by atoms with Crippen LogP contribution < -0.4 is 10.6 Å². The van der Waals surface area contributed by atoms with Gasteiger partial charge in [-0.3, -0.25) is 0 Å². The molecule has 18 heavy (non-hydrogen) atoms. The molecule has 2 N–H and O–H groups in total. The quantitative estimate of drug-likeness (QED) is 0.873. The Balaban J connectivity index is 2.14. The second-order valence-electron chi connectivity index (χ2n) is 5.34. The maximum absolute atomic E-state index is 6.39. The van der Waals surface area contributed by atoms with Crippen LogP contribution >= 0.6 is 11.6 Å². The molecule has 2 nitrogen and oxygen atoms in total. The van der Waals surface area contributed by atoms with Gasteiger partial charge in [-0.1, -0.05) is 24.1 Å². The van der Waals surface area contributed by atoms with Crippen molar-refractivity contribution in [2.75, 3.05) is 18.0 Å². The van der Waals surface area contributed by atoms with Gasteiger partial charge in [-0.2, -0.15) is 0 Å². The zero-order chi connectivity index (χ0) is 13.1. The van der Waals surface area contributed by atoms with Crippen molar-refractivity contribution in [1.29, 1.82) is 0 Å². The normalized spacial score (nSPS) is 17.3. The smallest absolute Gasteiger partial charge is 0.0642 e. The molecule has 0 heterocycles. The number of benzene rings is 1. The van der Waals surface area contributed by atoms with Crippen LogP contribution in [-0.2, 0) is 0 Å². The van der Waals surface area contributed by atoms with Gasteiger partial charge in [0, 0.05) is 19.1 Å². The highest BCUT2D eigenvalue weighted by molar-refractivity contribution is 6.33. The van der Waals surface area contributed by atoms with Crippen molar-refractivity contribution in [2.24, 2.45) is 11.7 Å². The molecule has 1 saturated carbocycles. The molecule has 2 rings (SSSR count). The topological polar surface area (TPSA) is 29.3 Å². The van der Waals surface area contributed by atoms with Crippen LogP contribution in [0, 0.1) is 5.92 Å². The van der Waals surface area contributed by atoms with Crippen molar-refractivity contribution in [2.45, 2.75) is 39.2 Å². The lowest BCUT2D eigenvalue weighted by molar-refractivity contribution is 0.318. The Morgan fingerprint density at radius 2 is 2.17 bits per heavy atom. The molecule has 0 amide bonds. The molecular formula is C15H23ClN2. The molecule has 0 radical (unpaired) electrons. The molecule has 1 aliphatic carbocycles. The Kier molecular flexibility index (Phi) is 4.52. The fourth-order valence-electron chi connectivity index (χ4n) is 2.45. The van der Waals surface area contributed by atoms with Crippen LogP contribution in [0.3, 0.4) is 0 Å². The third-order valence-corrected chi connectivity index (χ3v) is 4.23. The monoisotopic (exact) mass is 266 g/mol. The second-order valence-corrected chi connectivity index (χ2v) is 5.74. The van der Waals surface area contributed by atoms with Gasteiger partial charge in [-0.15, -0.1) is 0 Å². The summed E-state index contributed by atoms with van der Waals surface area (Å²) >= 11 is 6.39. The standard InChI is InChI=1S/C15H23ClN2/c1-3-18(10-12-5-4-6-12)15-8-7-13(11(2)17)9-14(15)16/h7-9,11-12H,3-6,10,17H2,1-2H3/t11-/m0/s1. The van der Waals surface area contributed by atoms with E-state index < -0.39 is 0 Å². The van der Waals surface area contributed by atoms with Crippen molar-refractivity contribution >= 4 is 17.3 Å². The van der Waals surface area contributed by atoms with E-state index in [2.05, 4.69) is 24.0 Å². The molecule has 0 saturated heterocycles. The van der Waals surface area contributed by atoms with E-state index in [1.54, 1.807) is 0 Å². The predicted molar refractivity (Wildman–Crippen MR) is 79.3 cm³/mol. The first-order valence-electron chi connectivity index (χ1n) is 6.91. The van der Waals surface area contributed by atoms with Gasteiger partial charge in [0.15, 0.2) is 0 Å². The molecule has 100 valence electrons. The van der Waals surface area contributed by atoms with E-state index >= 15 is 0 Å². The third-order valence-electron chi connectivity index (χ3n) is 3.92. The van der Waals surface area contributed by atoms with Gasteiger partial charge in [-0.25, -0.2) is 0 Å². The number of hydrogen-bond donors (Lipinski definition) is 1. The Bertz CT molecular complexity index is 399. The van der Waals surface area contributed by atoms with Gasteiger partial charge >= 0.3 is 0 Å². The minimum atomic E-state index is 0.0401. The Morgan fingerprint density at radius 3 is 2.61 bits per heavy atom. The lowest BCUT2D eigenvalue weighted by Gasteiger charge is -2.33. The van der Waals surface area contributed by atoms with E-state index in [-0.39, 0.29) is 6.04 Å². The second kappa shape index (κ2) is 5.94. The lowest BCUT2D eigenvalue weighted by atomic mass is 9.85. The molecule has 3 heteroatoms. The molecule has 0 unspecified atom stereocenters. The summed E-state index contributed by atoms with van der Waals surface area (Å²) in [5.74, 6) is 0.856. The molecule has 0 bridgehead atoms. The fraction of sp³-hybridized carbons (Fsp3) is 0.600. The van der Waals surface area contributed by atoms with Crippen LogP contribution in [-0.4, -0.2) is 13.1 Å². The highest BCUT2D eigenvalue weighted by Gasteiger charge is 2.21. The van der Waals surface area contributed by atoms with E-state index in [0.29, 0.717) is 0 Å². The van der Waals surface area contributed by atoms with Crippen LogP contribution in [0.1, 0.15) is 44.7 Å². The van der Waals surface area contributed by atoms with Crippen molar-refractivity contribution < 1.29 is 0 Å². The van der Waals surface area contributed by atoms with Crippen LogP contribution in [0.15, 0.2) is 18.2 Å². The molecule has 1 aromatic carbocycles. The average Bonchev–Trinajstić information content (AvgIpc) is 2.29. The van der Waals surface area contributed by atoms with Crippen molar-refractivity contribution in [1.82, 2.24) is 0 Å². The first-order valence-corrected chi connectivity index (χ1v) is 7.29. The first-order chi connectivity index (χ1) is 8.61. The number of nitrogens with two attached hydrogens (primary N) is 1. The maximum Gasteiger partial charge on any atom is 0.0642 e. The van der Waals surface area contributed by atoms with Crippen molar-refractivity contribution in [3.8, 4) is 0 Å². The minimum Gasteiger partial charge on any atom is -0.370 e. The average molecular weight is 267 g/mol. The Morgan fingerprint density at radius 1 is 1.44 bits per heavy atom. The highest BCUT2D eigenvalue weighted by atomic mass is 35.5. The van der Waals surface area contributed by atoms with Gasteiger partial charge in [0.2, 0.25) is 0 Å². The molecule has 1 atom stereocenters. The number of nitrogens with zero attached hydrogens (tertiary/aromatic N) is 1. The summed E-state index contributed by atoms with van der Waals surface area (Å²) in [5, 5.41) is 0.825. The molecular weight excluding hydrogens is 244 g/mol. The molecule has 1 fully saturated rings. The fourth-order valence-corrected chi connectivity index (χ4v) is 2.76. The van der Waals surface area contributed by atoms with E-state index in [9.17, 15) is 0 Å². The number of hydrogen-bond acceptors (Lipinski definition) is 2. The predicted octanol–water partition coefficient (Wildman–Crippen LogP) is 3.99. The van der Waals surface area contributed by atoms with E-state index in [1.165, 1.54) is 19.3 Å². The van der Waals surface area contributed by atoms with Gasteiger partial charge in [0.1, 0.15) is 0 Å². The van der Waals surface area contributed by atoms with Crippen LogP contribution in [0.5, 0.6) is 0 Å². The first kappa shape index (κ1) is 13.7. The summed E-state index contributed by atoms with van der Waals surface area (Å²) in [4.78, 5) is 2.39. The Hall–Kier alpha value is -0.730. The molecule has 0 aromatic heterocycles. The van der Waals surface area contributed by atoms with Crippen LogP contribution in [0.4, 0.5) is 5.69 Å². The van der Waals surface area contributed by atoms with Gasteiger partial charge in [0.05, 0.1) is 10.7 Å². The molecule has 0 spiro atoms. The zero-order valence-electron chi connectivity index (χ0n) is 11.3. The summed E-state index contributed by atoms with van der Waals surface area (Å²) in [7, 11) is 0. The summed E-state index contributed by atoms with van der Waals surface area (Å²) < 4.78 is 0. The van der Waals surface area contributed by atoms with Crippen LogP contribution in [0.2, 0.25) is 5.02 Å². The largest absolute Gasteiger partial charge is 0.370 e. The molecule has 1 aliphatic rings. The summed E-state index contributed by atoms with van der Waals surface area (Å²) in [6.07, 6.45) is 4.12. The van der Waals surface area contributed by atoms with Crippen molar-refractivity contribution in [3.05, 3.63) is 28.8 Å². The molecule has 1 aromatic rings. The summed E-state index contributed by atoms with van der Waals surface area (Å²) in [5.41, 5.74) is 8.13. The maximum atomic E-state index is 6.39. The number of halogens is 1. The Labute approximate surface area is 115 Å².